The summed E-state index contributed by atoms with van der Waals surface area (Å²) in [6, 6.07) is 2.49. The Kier molecular flexibility index (Phi) is 5.42. The molecule has 2 atom stereocenters. The summed E-state index contributed by atoms with van der Waals surface area (Å²) < 4.78 is 22.9. The first-order chi connectivity index (χ1) is 18.5. The van der Waals surface area contributed by atoms with Crippen molar-refractivity contribution in [2.75, 3.05) is 13.9 Å². The van der Waals surface area contributed by atoms with E-state index in [4.69, 9.17) is 18.6 Å². The fourth-order valence-corrected chi connectivity index (χ4v) is 5.84. The predicted octanol–water partition coefficient (Wildman–Crippen LogP) is 3.38. The lowest BCUT2D eigenvalue weighted by Gasteiger charge is -2.24. The van der Waals surface area contributed by atoms with Crippen LogP contribution in [-0.4, -0.2) is 57.6 Å². The Morgan fingerprint density at radius 2 is 1.49 bits per heavy atom. The Morgan fingerprint density at radius 1 is 0.897 bits per heavy atom. The van der Waals surface area contributed by atoms with Crippen LogP contribution in [0.5, 0.6) is 28.7 Å². The molecular weight excluding hydrogens is 512 g/mol. The second-order valence-electron chi connectivity index (χ2n) is 9.81. The van der Waals surface area contributed by atoms with E-state index in [0.29, 0.717) is 21.7 Å². The average Bonchev–Trinajstić information content (AvgIpc) is 3.03. The van der Waals surface area contributed by atoms with Gasteiger partial charge in [-0.15, -0.1) is 0 Å². The number of hydrogen-bond donors (Lipinski definition) is 5. The molecule has 5 N–H and O–H groups in total. The van der Waals surface area contributed by atoms with Crippen molar-refractivity contribution < 1.29 is 49.0 Å². The minimum atomic E-state index is -1.44. The molecule has 0 fully saturated rings. The molecule has 0 spiro atoms. The number of carbonyl (C=O) groups is 1. The molecule has 1 aliphatic rings. The molecule has 0 aliphatic carbocycles. The van der Waals surface area contributed by atoms with Gasteiger partial charge in [0.25, 0.3) is 0 Å². The highest BCUT2D eigenvalue weighted by Gasteiger charge is 2.34. The minimum absolute atomic E-state index is 0.0533. The van der Waals surface area contributed by atoms with Gasteiger partial charge in [-0.1, -0.05) is 0 Å². The summed E-state index contributed by atoms with van der Waals surface area (Å²) in [5.74, 6) is -2.55. The number of ether oxygens (including phenoxy) is 3. The first-order valence-corrected chi connectivity index (χ1v) is 12.2. The Morgan fingerprint density at radius 3 is 2.10 bits per heavy atom. The Labute approximate surface area is 219 Å². The van der Waals surface area contributed by atoms with E-state index < -0.39 is 40.9 Å². The molecule has 1 aliphatic heterocycles. The number of phenols is 2. The number of aliphatic hydroxyl groups is 2. The molecule has 0 bridgehead atoms. The van der Waals surface area contributed by atoms with E-state index in [-0.39, 0.29) is 69.6 Å². The maximum atomic E-state index is 13.4. The monoisotopic (exact) mass is 536 g/mol. The smallest absolute Gasteiger partial charge is 0.372 e. The van der Waals surface area contributed by atoms with Gasteiger partial charge in [0.1, 0.15) is 11.5 Å². The molecule has 11 nitrogen and oxygen atoms in total. The van der Waals surface area contributed by atoms with Crippen molar-refractivity contribution in [3.8, 4) is 28.7 Å². The molecule has 11 heteroatoms. The van der Waals surface area contributed by atoms with E-state index in [9.17, 15) is 35.1 Å². The zero-order valence-electron chi connectivity index (χ0n) is 21.1. The van der Waals surface area contributed by atoms with Crippen LogP contribution in [0.1, 0.15) is 35.5 Å². The summed E-state index contributed by atoms with van der Waals surface area (Å²) in [6.07, 6.45) is -2.18. The highest BCUT2D eigenvalue weighted by Crippen LogP contribution is 2.55. The van der Waals surface area contributed by atoms with Crippen molar-refractivity contribution in [2.24, 2.45) is 0 Å². The van der Waals surface area contributed by atoms with Gasteiger partial charge < -0.3 is 44.2 Å². The van der Waals surface area contributed by atoms with Crippen LogP contribution < -0.4 is 19.6 Å². The molecule has 39 heavy (non-hydrogen) atoms. The first kappa shape index (κ1) is 24.8. The summed E-state index contributed by atoms with van der Waals surface area (Å²) in [6.45, 7) is 2.72. The van der Waals surface area contributed by atoms with Gasteiger partial charge in [-0.25, -0.2) is 4.79 Å². The standard InChI is InChI=1S/C28H24O11/c1-9(29)4-11-17-18-12(5-10(2)30)26(28(34)35)39-27-14(32)7-16-21(23(18)27)20-15(37-8-38-16)6-13(31)19(22(17)20)24(33)25(11)36-3/h6-7,9-10,29-30,32-33H,4-5,8H2,1-3H3,(H,34,35). The van der Waals surface area contributed by atoms with Gasteiger partial charge in [0.2, 0.25) is 12.6 Å². The van der Waals surface area contributed by atoms with Crippen molar-refractivity contribution >= 4 is 49.3 Å². The van der Waals surface area contributed by atoms with Crippen LogP contribution in [0.3, 0.4) is 0 Å². The van der Waals surface area contributed by atoms with E-state index in [0.717, 1.165) is 0 Å². The van der Waals surface area contributed by atoms with Crippen molar-refractivity contribution in [3.05, 3.63) is 39.2 Å². The number of fused-ring (bicyclic) bond motifs is 1. The van der Waals surface area contributed by atoms with Crippen molar-refractivity contribution in [2.45, 2.75) is 38.9 Å². The molecule has 2 unspecified atom stereocenters. The molecule has 0 amide bonds. The summed E-state index contributed by atoms with van der Waals surface area (Å²) in [5.41, 5.74) is -0.358. The molecule has 6 rings (SSSR count). The first-order valence-electron chi connectivity index (χ1n) is 12.2. The molecule has 0 saturated carbocycles. The third-order valence-corrected chi connectivity index (χ3v) is 7.11. The number of aromatic hydroxyl groups is 2. The van der Waals surface area contributed by atoms with Crippen LogP contribution in [0, 0.1) is 0 Å². The molecule has 0 radical (unpaired) electrons. The molecule has 2 heterocycles. The van der Waals surface area contributed by atoms with Crippen LogP contribution in [-0.2, 0) is 12.8 Å². The summed E-state index contributed by atoms with van der Waals surface area (Å²) in [5, 5.41) is 55.0. The zero-order chi connectivity index (χ0) is 27.9. The minimum Gasteiger partial charge on any atom is -0.504 e. The van der Waals surface area contributed by atoms with Gasteiger partial charge in [-0.2, -0.15) is 0 Å². The van der Waals surface area contributed by atoms with Crippen LogP contribution in [0.2, 0.25) is 0 Å². The van der Waals surface area contributed by atoms with Gasteiger partial charge in [0, 0.05) is 63.0 Å². The number of carboxylic acid groups (broad SMARTS) is 1. The van der Waals surface area contributed by atoms with E-state index >= 15 is 0 Å². The molecule has 1 aromatic heterocycles. The number of hydrogen-bond acceptors (Lipinski definition) is 10. The predicted molar refractivity (Wildman–Crippen MR) is 140 cm³/mol. The molecule has 0 saturated heterocycles. The Balaban J connectivity index is 2.10. The number of benzene rings is 4. The highest BCUT2D eigenvalue weighted by molar-refractivity contribution is 6.37. The van der Waals surface area contributed by atoms with Crippen LogP contribution in [0.25, 0.3) is 43.3 Å². The van der Waals surface area contributed by atoms with E-state index in [1.165, 1.54) is 33.1 Å². The summed E-state index contributed by atoms with van der Waals surface area (Å²) in [7, 11) is 1.31. The van der Waals surface area contributed by atoms with Crippen molar-refractivity contribution in [1.29, 1.82) is 0 Å². The number of methoxy groups -OCH3 is 1. The van der Waals surface area contributed by atoms with Crippen molar-refractivity contribution in [1.82, 2.24) is 0 Å². The Bertz CT molecular complexity index is 1900. The second kappa shape index (κ2) is 8.52. The Hall–Kier alpha value is -4.48. The van der Waals surface area contributed by atoms with Gasteiger partial charge in [0.05, 0.1) is 24.7 Å². The van der Waals surface area contributed by atoms with Crippen LogP contribution in [0.15, 0.2) is 21.3 Å². The number of phenolic OH excluding ortho intramolecular Hbond substituents is 2. The molecular formula is C28H24O11. The lowest BCUT2D eigenvalue weighted by molar-refractivity contribution is 0.0660. The summed E-state index contributed by atoms with van der Waals surface area (Å²) in [4.78, 5) is 25.9. The second-order valence-corrected chi connectivity index (χ2v) is 9.81. The van der Waals surface area contributed by atoms with Gasteiger partial charge in [-0.05, 0) is 19.2 Å². The topological polar surface area (TPSA) is 176 Å². The van der Waals surface area contributed by atoms with E-state index in [1.54, 1.807) is 0 Å². The SMILES string of the molecule is COc1c(O)c2c(=O)cc3c4c5c(cc(O)c6oc(C(=O)O)c(CC(C)O)c(c(c1CC(C)O)c24)c65)OCO3. The van der Waals surface area contributed by atoms with Crippen LogP contribution in [0.4, 0.5) is 0 Å². The number of carboxylic acids is 1. The van der Waals surface area contributed by atoms with Crippen LogP contribution >= 0.6 is 0 Å². The average molecular weight is 536 g/mol. The van der Waals surface area contributed by atoms with Gasteiger partial charge in [0.15, 0.2) is 28.3 Å². The van der Waals surface area contributed by atoms with E-state index in [1.807, 2.05) is 0 Å². The normalized spacial score (nSPS) is 14.6. The number of aromatic carboxylic acids is 1. The highest BCUT2D eigenvalue weighted by atomic mass is 16.7. The lowest BCUT2D eigenvalue weighted by atomic mass is 9.83. The van der Waals surface area contributed by atoms with Gasteiger partial charge in [-0.3, -0.25) is 4.79 Å². The maximum Gasteiger partial charge on any atom is 0.372 e. The number of aliphatic hydroxyl groups excluding tert-OH is 2. The lowest BCUT2D eigenvalue weighted by Crippen LogP contribution is -2.13. The number of rotatable bonds is 6. The fourth-order valence-electron chi connectivity index (χ4n) is 5.84. The molecule has 4 aromatic carbocycles. The fraction of sp³-hybridized carbons (Fsp3) is 0.286. The van der Waals surface area contributed by atoms with Gasteiger partial charge >= 0.3 is 5.97 Å². The van der Waals surface area contributed by atoms with E-state index in [2.05, 4.69) is 0 Å². The largest absolute Gasteiger partial charge is 0.504 e. The molecule has 5 aromatic rings. The maximum absolute atomic E-state index is 13.4. The third kappa shape index (κ3) is 3.36. The van der Waals surface area contributed by atoms with Crippen molar-refractivity contribution in [3.63, 3.8) is 0 Å². The molecule has 202 valence electrons. The zero-order valence-corrected chi connectivity index (χ0v) is 21.1. The summed E-state index contributed by atoms with van der Waals surface area (Å²) >= 11 is 0. The quantitative estimate of drug-likeness (QED) is 0.159. The third-order valence-electron chi connectivity index (χ3n) is 7.11.